The summed E-state index contributed by atoms with van der Waals surface area (Å²) >= 11 is 0. The summed E-state index contributed by atoms with van der Waals surface area (Å²) in [5, 5.41) is 16.4. The number of hydrogen-bond donors (Lipinski definition) is 1. The van der Waals surface area contributed by atoms with E-state index in [1.807, 2.05) is 0 Å². The van der Waals surface area contributed by atoms with Crippen LogP contribution in [0.3, 0.4) is 0 Å². The summed E-state index contributed by atoms with van der Waals surface area (Å²) in [6.45, 7) is 8.35. The molecule has 18 heavy (non-hydrogen) atoms. The van der Waals surface area contributed by atoms with Crippen LogP contribution in [0.2, 0.25) is 0 Å². The molecule has 0 aliphatic carbocycles. The highest BCUT2D eigenvalue weighted by Crippen LogP contribution is 2.08. The van der Waals surface area contributed by atoms with Crippen LogP contribution in [-0.4, -0.2) is 29.2 Å². The van der Waals surface area contributed by atoms with E-state index in [1.54, 1.807) is 34.6 Å². The van der Waals surface area contributed by atoms with E-state index in [0.717, 1.165) is 0 Å². The van der Waals surface area contributed by atoms with Gasteiger partial charge in [0.15, 0.2) is 0 Å². The minimum absolute atomic E-state index is 0.352. The van der Waals surface area contributed by atoms with Gasteiger partial charge in [-0.3, -0.25) is 4.89 Å². The smallest absolute Gasteiger partial charge is 0.295 e. The van der Waals surface area contributed by atoms with Crippen molar-refractivity contribution in [1.29, 1.82) is 0 Å². The first-order valence-electron chi connectivity index (χ1n) is 5.11. The molecule has 0 amide bonds. The minimum atomic E-state index is -1.79. The zero-order valence-corrected chi connectivity index (χ0v) is 10.9. The Morgan fingerprint density at radius 2 is 1.67 bits per heavy atom. The quantitative estimate of drug-likeness (QED) is 0.302. The van der Waals surface area contributed by atoms with Gasteiger partial charge in [0.1, 0.15) is 0 Å². The van der Waals surface area contributed by atoms with Crippen LogP contribution >= 0.6 is 0 Å². The molecule has 9 heteroatoms. The van der Waals surface area contributed by atoms with Crippen LogP contribution in [0.1, 0.15) is 34.6 Å². The van der Waals surface area contributed by atoms with Crippen molar-refractivity contribution in [3.05, 3.63) is 0 Å². The normalized spacial score (nSPS) is 13.7. The van der Waals surface area contributed by atoms with Gasteiger partial charge in [0.05, 0.1) is 11.7 Å². The maximum Gasteiger partial charge on any atom is 0.403 e. The average molecular weight is 270 g/mol. The second-order valence-corrected chi connectivity index (χ2v) is 4.41. The van der Waals surface area contributed by atoms with Crippen LogP contribution in [0.4, 0.5) is 0 Å². The molecule has 0 aliphatic rings. The van der Waals surface area contributed by atoms with E-state index >= 15 is 0 Å². The summed E-state index contributed by atoms with van der Waals surface area (Å²) in [6.07, 6.45) is -2.14. The predicted octanol–water partition coefficient (Wildman–Crippen LogP) is 1.30. The highest BCUT2D eigenvalue weighted by molar-refractivity contribution is 5.72. The molecular weight excluding hydrogens is 252 g/mol. The summed E-state index contributed by atoms with van der Waals surface area (Å²) < 4.78 is 0. The Labute approximate surface area is 104 Å². The SMILES string of the molecule is CC(C)OOC(OOOOC(C)(C)C)C(=O)OO. The van der Waals surface area contributed by atoms with Crippen LogP contribution in [0.25, 0.3) is 0 Å². The molecule has 0 saturated carbocycles. The van der Waals surface area contributed by atoms with Gasteiger partial charge in [-0.15, -0.1) is 0 Å². The molecule has 0 bridgehead atoms. The highest BCUT2D eigenvalue weighted by Gasteiger charge is 2.27. The number of carbonyl (C=O) groups is 1. The lowest BCUT2D eigenvalue weighted by Gasteiger charge is -2.17. The van der Waals surface area contributed by atoms with Crippen molar-refractivity contribution < 1.29 is 44.6 Å². The third kappa shape index (κ3) is 9.24. The van der Waals surface area contributed by atoms with Crippen molar-refractivity contribution in [2.75, 3.05) is 0 Å². The molecule has 0 saturated heterocycles. The fourth-order valence-corrected chi connectivity index (χ4v) is 0.467. The fraction of sp³-hybridized carbons (Fsp3) is 0.889. The monoisotopic (exact) mass is 270 g/mol. The zero-order valence-electron chi connectivity index (χ0n) is 10.9. The molecule has 9 nitrogen and oxygen atoms in total. The zero-order chi connectivity index (χ0) is 14.2. The highest BCUT2D eigenvalue weighted by atomic mass is 17.7. The van der Waals surface area contributed by atoms with E-state index in [-0.39, 0.29) is 6.10 Å². The van der Waals surface area contributed by atoms with Gasteiger partial charge in [-0.1, -0.05) is 0 Å². The molecule has 0 heterocycles. The Balaban J connectivity index is 3.98. The number of carbonyl (C=O) groups excluding carboxylic acids is 1. The lowest BCUT2D eigenvalue weighted by atomic mass is 10.2. The Kier molecular flexibility index (Phi) is 7.95. The van der Waals surface area contributed by atoms with Gasteiger partial charge in [-0.05, 0) is 44.7 Å². The Hall–Kier alpha value is -0.810. The second-order valence-electron chi connectivity index (χ2n) is 4.41. The molecule has 0 aromatic heterocycles. The predicted molar refractivity (Wildman–Crippen MR) is 53.9 cm³/mol. The minimum Gasteiger partial charge on any atom is -0.295 e. The summed E-state index contributed by atoms with van der Waals surface area (Å²) in [5.41, 5.74) is -0.647. The number of hydrogen-bond acceptors (Lipinski definition) is 9. The van der Waals surface area contributed by atoms with Gasteiger partial charge in [0, 0.05) is 0 Å². The third-order valence-electron chi connectivity index (χ3n) is 1.06. The number of rotatable bonds is 8. The third-order valence-corrected chi connectivity index (χ3v) is 1.06. The lowest BCUT2D eigenvalue weighted by molar-refractivity contribution is -0.670. The van der Waals surface area contributed by atoms with Crippen molar-refractivity contribution in [2.45, 2.75) is 52.6 Å². The molecule has 0 aliphatic heterocycles. The summed E-state index contributed by atoms with van der Waals surface area (Å²) in [6, 6.07) is 0. The van der Waals surface area contributed by atoms with E-state index in [2.05, 4.69) is 34.5 Å². The lowest BCUT2D eigenvalue weighted by Crippen LogP contribution is -2.31. The van der Waals surface area contributed by atoms with Gasteiger partial charge < -0.3 is 0 Å². The van der Waals surface area contributed by atoms with Crippen LogP contribution in [-0.2, 0) is 39.3 Å². The molecule has 0 spiro atoms. The van der Waals surface area contributed by atoms with Crippen LogP contribution in [0.15, 0.2) is 0 Å². The molecule has 0 radical (unpaired) electrons. The molecule has 1 unspecified atom stereocenters. The van der Waals surface area contributed by atoms with Crippen LogP contribution in [0, 0.1) is 0 Å². The molecule has 108 valence electrons. The van der Waals surface area contributed by atoms with Crippen molar-refractivity contribution >= 4 is 5.97 Å². The Morgan fingerprint density at radius 1 is 1.06 bits per heavy atom. The average Bonchev–Trinajstić information content (AvgIpc) is 2.25. The van der Waals surface area contributed by atoms with E-state index in [1.165, 1.54) is 0 Å². The molecule has 0 aromatic carbocycles. The van der Waals surface area contributed by atoms with Crippen LogP contribution < -0.4 is 0 Å². The standard InChI is InChI=1S/C9H18O9/c1-6(2)13-14-8(7(10)12-11)15-17-18-16-9(3,4)5/h6,8,11H,1-5H3. The second kappa shape index (κ2) is 8.32. The Bertz CT molecular complexity index is 235. The summed E-state index contributed by atoms with van der Waals surface area (Å²) in [5.74, 6) is -1.30. The maximum absolute atomic E-state index is 10.9. The van der Waals surface area contributed by atoms with Gasteiger partial charge in [-0.2, -0.15) is 19.9 Å². The van der Waals surface area contributed by atoms with Crippen molar-refractivity contribution in [3.8, 4) is 0 Å². The fourth-order valence-electron chi connectivity index (χ4n) is 0.467. The molecule has 0 fully saturated rings. The molecule has 1 atom stereocenters. The maximum atomic E-state index is 10.9. The summed E-state index contributed by atoms with van der Waals surface area (Å²) in [4.78, 5) is 32.4. The summed E-state index contributed by atoms with van der Waals surface area (Å²) in [7, 11) is 0. The first-order valence-corrected chi connectivity index (χ1v) is 5.11. The first-order chi connectivity index (χ1) is 8.26. The van der Waals surface area contributed by atoms with Crippen molar-refractivity contribution in [2.24, 2.45) is 0 Å². The van der Waals surface area contributed by atoms with Crippen molar-refractivity contribution in [1.82, 2.24) is 0 Å². The van der Waals surface area contributed by atoms with E-state index in [4.69, 9.17) is 5.26 Å². The van der Waals surface area contributed by atoms with Gasteiger partial charge in [0.25, 0.3) is 0 Å². The van der Waals surface area contributed by atoms with Crippen LogP contribution in [0.5, 0.6) is 0 Å². The van der Waals surface area contributed by atoms with E-state index in [0.29, 0.717) is 0 Å². The van der Waals surface area contributed by atoms with E-state index < -0.39 is 17.9 Å². The van der Waals surface area contributed by atoms with Gasteiger partial charge in [-0.25, -0.2) is 9.68 Å². The van der Waals surface area contributed by atoms with E-state index in [9.17, 15) is 4.79 Å². The van der Waals surface area contributed by atoms with Gasteiger partial charge in [0.2, 0.25) is 0 Å². The first kappa shape index (κ1) is 17.2. The molecule has 0 aromatic rings. The largest absolute Gasteiger partial charge is 0.403 e. The Morgan fingerprint density at radius 3 is 2.11 bits per heavy atom. The molecular formula is C9H18O9. The topological polar surface area (TPSA) is 102 Å². The van der Waals surface area contributed by atoms with Gasteiger partial charge >= 0.3 is 12.3 Å². The molecule has 0 rings (SSSR count). The molecule has 1 N–H and O–H groups in total. The van der Waals surface area contributed by atoms with Crippen molar-refractivity contribution in [3.63, 3.8) is 0 Å².